The summed E-state index contributed by atoms with van der Waals surface area (Å²) in [4.78, 5) is 0. The van der Waals surface area contributed by atoms with Gasteiger partial charge >= 0.3 is 0 Å². The zero-order valence-corrected chi connectivity index (χ0v) is 9.92. The topological polar surface area (TPSA) is 53.2 Å². The zero-order chi connectivity index (χ0) is 11.5. The second-order valence-corrected chi connectivity index (χ2v) is 5.34. The molecule has 86 valence electrons. The van der Waals surface area contributed by atoms with Gasteiger partial charge in [-0.3, -0.25) is 0 Å². The highest BCUT2D eigenvalue weighted by Gasteiger charge is 2.45. The van der Waals surface area contributed by atoms with Crippen LogP contribution < -0.4 is 0 Å². The fourth-order valence-electron chi connectivity index (χ4n) is 2.51. The number of ether oxygens (including phenoxy) is 1. The van der Waals surface area contributed by atoms with Crippen LogP contribution in [0.3, 0.4) is 0 Å². The first-order valence-electron chi connectivity index (χ1n) is 5.62. The van der Waals surface area contributed by atoms with E-state index in [4.69, 9.17) is 9.84 Å². The third-order valence-corrected chi connectivity index (χ3v) is 3.47. The van der Waals surface area contributed by atoms with Crippen molar-refractivity contribution in [1.82, 2.24) is 0 Å². The van der Waals surface area contributed by atoms with Crippen LogP contribution >= 0.6 is 0 Å². The number of nitrogens with zero attached hydrogens (tertiary/aromatic N) is 1. The second-order valence-electron chi connectivity index (χ2n) is 5.34. The van der Waals surface area contributed by atoms with E-state index >= 15 is 0 Å². The Morgan fingerprint density at radius 3 is 2.60 bits per heavy atom. The Kier molecular flexibility index (Phi) is 3.75. The smallest absolute Gasteiger partial charge is 0.156 e. The van der Waals surface area contributed by atoms with Crippen molar-refractivity contribution in [2.24, 2.45) is 11.3 Å². The lowest BCUT2D eigenvalue weighted by Gasteiger charge is -2.43. The molecule has 0 radical (unpaired) electrons. The second kappa shape index (κ2) is 4.51. The minimum absolute atomic E-state index is 0.0143. The molecule has 0 spiro atoms. The number of hydrogen-bond acceptors (Lipinski definition) is 3. The van der Waals surface area contributed by atoms with E-state index in [0.29, 0.717) is 5.41 Å². The van der Waals surface area contributed by atoms with Crippen LogP contribution in [0.4, 0.5) is 0 Å². The highest BCUT2D eigenvalue weighted by Crippen LogP contribution is 2.45. The summed E-state index contributed by atoms with van der Waals surface area (Å²) >= 11 is 0. The Labute approximate surface area is 92.0 Å². The monoisotopic (exact) mass is 211 g/mol. The highest BCUT2D eigenvalue weighted by molar-refractivity contribution is 5.09. The largest absolute Gasteiger partial charge is 0.394 e. The molecule has 0 amide bonds. The van der Waals surface area contributed by atoms with Crippen LogP contribution in [0.2, 0.25) is 0 Å². The summed E-state index contributed by atoms with van der Waals surface area (Å²) in [7, 11) is 0. The number of hydrogen-bond donors (Lipinski definition) is 1. The third-order valence-electron chi connectivity index (χ3n) is 3.47. The van der Waals surface area contributed by atoms with Crippen molar-refractivity contribution in [2.45, 2.75) is 45.6 Å². The molecule has 1 aliphatic carbocycles. The Morgan fingerprint density at radius 1 is 1.47 bits per heavy atom. The van der Waals surface area contributed by atoms with Gasteiger partial charge in [0.25, 0.3) is 0 Å². The van der Waals surface area contributed by atoms with E-state index in [1.807, 2.05) is 0 Å². The Hall–Kier alpha value is -0.590. The van der Waals surface area contributed by atoms with Crippen molar-refractivity contribution in [1.29, 1.82) is 5.26 Å². The number of rotatable bonds is 3. The molecule has 0 aliphatic heterocycles. The van der Waals surface area contributed by atoms with Gasteiger partial charge in [-0.2, -0.15) is 5.26 Å². The van der Waals surface area contributed by atoms with E-state index in [0.717, 1.165) is 19.3 Å². The van der Waals surface area contributed by atoms with Crippen LogP contribution in [0.15, 0.2) is 0 Å². The van der Waals surface area contributed by atoms with Gasteiger partial charge in [0, 0.05) is 0 Å². The Bertz CT molecular complexity index is 257. The average molecular weight is 211 g/mol. The van der Waals surface area contributed by atoms with Crippen molar-refractivity contribution in [3.05, 3.63) is 0 Å². The summed E-state index contributed by atoms with van der Waals surface area (Å²) in [6.07, 6.45) is 2.79. The quantitative estimate of drug-likeness (QED) is 0.777. The van der Waals surface area contributed by atoms with Crippen LogP contribution in [-0.2, 0) is 4.74 Å². The number of aliphatic hydroxyl groups excluding tert-OH is 1. The van der Waals surface area contributed by atoms with Crippen molar-refractivity contribution in [3.63, 3.8) is 0 Å². The van der Waals surface area contributed by atoms with Crippen molar-refractivity contribution in [2.75, 3.05) is 13.2 Å². The van der Waals surface area contributed by atoms with E-state index in [-0.39, 0.29) is 19.1 Å². The van der Waals surface area contributed by atoms with Gasteiger partial charge in [0.2, 0.25) is 0 Å². The average Bonchev–Trinajstić information content (AvgIpc) is 2.17. The van der Waals surface area contributed by atoms with E-state index in [9.17, 15) is 5.26 Å². The van der Waals surface area contributed by atoms with Gasteiger partial charge in [0.1, 0.15) is 0 Å². The molecule has 15 heavy (non-hydrogen) atoms. The summed E-state index contributed by atoms with van der Waals surface area (Å²) in [6.45, 7) is 6.78. The van der Waals surface area contributed by atoms with Gasteiger partial charge in [-0.15, -0.1) is 0 Å². The predicted molar refractivity (Wildman–Crippen MR) is 58.2 cm³/mol. The van der Waals surface area contributed by atoms with Gasteiger partial charge in [-0.25, -0.2) is 0 Å². The summed E-state index contributed by atoms with van der Waals surface area (Å²) in [5.74, 6) is 0.234. The molecular weight excluding hydrogens is 190 g/mol. The van der Waals surface area contributed by atoms with E-state index < -0.39 is 5.60 Å². The molecule has 2 atom stereocenters. The van der Waals surface area contributed by atoms with Gasteiger partial charge in [-0.05, 0) is 30.6 Å². The molecule has 1 aliphatic rings. The third kappa shape index (κ3) is 2.70. The summed E-state index contributed by atoms with van der Waals surface area (Å²) < 4.78 is 5.56. The van der Waals surface area contributed by atoms with E-state index in [1.54, 1.807) is 0 Å². The molecule has 0 saturated heterocycles. The van der Waals surface area contributed by atoms with E-state index in [2.05, 4.69) is 26.8 Å². The SMILES string of the molecule is CC1CC(C)(C)CCC1(C#N)OCCO. The van der Waals surface area contributed by atoms with Crippen molar-refractivity contribution in [3.8, 4) is 6.07 Å². The van der Waals surface area contributed by atoms with Crippen LogP contribution in [0.1, 0.15) is 40.0 Å². The minimum Gasteiger partial charge on any atom is -0.394 e. The van der Waals surface area contributed by atoms with E-state index in [1.165, 1.54) is 0 Å². The maximum Gasteiger partial charge on any atom is 0.156 e. The Balaban J connectivity index is 2.71. The molecule has 2 unspecified atom stereocenters. The minimum atomic E-state index is -0.668. The van der Waals surface area contributed by atoms with Crippen LogP contribution in [0.25, 0.3) is 0 Å². The summed E-state index contributed by atoms with van der Waals surface area (Å²) in [6, 6.07) is 2.31. The molecule has 1 saturated carbocycles. The lowest BCUT2D eigenvalue weighted by molar-refractivity contribution is -0.0921. The van der Waals surface area contributed by atoms with Crippen LogP contribution in [-0.4, -0.2) is 23.9 Å². The van der Waals surface area contributed by atoms with Crippen molar-refractivity contribution >= 4 is 0 Å². The maximum absolute atomic E-state index is 9.25. The van der Waals surface area contributed by atoms with Gasteiger partial charge in [-0.1, -0.05) is 20.8 Å². The lowest BCUT2D eigenvalue weighted by Crippen LogP contribution is -2.45. The lowest BCUT2D eigenvalue weighted by atomic mass is 9.66. The van der Waals surface area contributed by atoms with Gasteiger partial charge in [0.15, 0.2) is 5.60 Å². The fraction of sp³-hybridized carbons (Fsp3) is 0.917. The molecule has 3 nitrogen and oxygen atoms in total. The Morgan fingerprint density at radius 2 is 2.13 bits per heavy atom. The predicted octanol–water partition coefficient (Wildman–Crippen LogP) is 2.10. The number of aliphatic hydroxyl groups is 1. The normalized spacial score (nSPS) is 34.7. The molecule has 1 rings (SSSR count). The van der Waals surface area contributed by atoms with Crippen LogP contribution in [0, 0.1) is 22.7 Å². The molecule has 1 N–H and O–H groups in total. The summed E-state index contributed by atoms with van der Waals surface area (Å²) in [5, 5.41) is 18.0. The fourth-order valence-corrected chi connectivity index (χ4v) is 2.51. The van der Waals surface area contributed by atoms with Gasteiger partial charge in [0.05, 0.1) is 19.3 Å². The van der Waals surface area contributed by atoms with Crippen LogP contribution in [0.5, 0.6) is 0 Å². The molecule has 0 bridgehead atoms. The molecule has 0 aromatic heterocycles. The summed E-state index contributed by atoms with van der Waals surface area (Å²) in [5.41, 5.74) is -0.361. The molecule has 0 heterocycles. The molecular formula is C12H21NO2. The first-order chi connectivity index (χ1) is 6.96. The molecule has 1 fully saturated rings. The first kappa shape index (κ1) is 12.5. The standard InChI is InChI=1S/C12H21NO2/c1-10-8-11(2,3)4-5-12(10,9-13)15-7-6-14/h10,14H,4-8H2,1-3H3. The molecule has 3 heteroatoms. The zero-order valence-electron chi connectivity index (χ0n) is 9.92. The number of nitriles is 1. The van der Waals surface area contributed by atoms with Gasteiger partial charge < -0.3 is 9.84 Å². The molecule has 0 aromatic carbocycles. The molecule has 0 aromatic rings. The van der Waals surface area contributed by atoms with Crippen molar-refractivity contribution < 1.29 is 9.84 Å². The first-order valence-corrected chi connectivity index (χ1v) is 5.62. The maximum atomic E-state index is 9.25. The highest BCUT2D eigenvalue weighted by atomic mass is 16.5.